The molecule has 2 aliphatic heterocycles. The minimum Gasteiger partial charge on any atom is -0.444 e. The van der Waals surface area contributed by atoms with Gasteiger partial charge in [-0.15, -0.1) is 0 Å². The summed E-state index contributed by atoms with van der Waals surface area (Å²) in [6.07, 6.45) is 2.26. The maximum atomic E-state index is 12.3. The first-order valence-corrected chi connectivity index (χ1v) is 9.17. The highest BCUT2D eigenvalue weighted by molar-refractivity contribution is 5.68. The van der Waals surface area contributed by atoms with Gasteiger partial charge in [-0.05, 0) is 56.0 Å². The van der Waals surface area contributed by atoms with Crippen LogP contribution in [0.25, 0.3) is 0 Å². The van der Waals surface area contributed by atoms with Gasteiger partial charge in [0.2, 0.25) is 5.95 Å². The number of rotatable bonds is 2. The number of hydrogen-bond donors (Lipinski definition) is 1. The molecular weight excluding hydrogens is 344 g/mol. The summed E-state index contributed by atoms with van der Waals surface area (Å²) in [6, 6.07) is 6.13. The van der Waals surface area contributed by atoms with Crippen molar-refractivity contribution in [1.82, 2.24) is 14.9 Å². The second kappa shape index (κ2) is 6.81. The molecule has 142 valence electrons. The second-order valence-electron chi connectivity index (χ2n) is 7.92. The normalized spacial score (nSPS) is 15.9. The van der Waals surface area contributed by atoms with Gasteiger partial charge in [0.25, 0.3) is 0 Å². The predicted molar refractivity (Wildman–Crippen MR) is 101 cm³/mol. The van der Waals surface area contributed by atoms with Crippen LogP contribution < -0.4 is 5.32 Å². The first kappa shape index (κ1) is 17.7. The van der Waals surface area contributed by atoms with Gasteiger partial charge in [0.05, 0.1) is 25.5 Å². The van der Waals surface area contributed by atoms with Crippen molar-refractivity contribution >= 4 is 17.7 Å². The number of ether oxygens (including phenoxy) is 2. The van der Waals surface area contributed by atoms with Gasteiger partial charge in [0, 0.05) is 18.4 Å². The first-order chi connectivity index (χ1) is 12.9. The maximum absolute atomic E-state index is 12.3. The van der Waals surface area contributed by atoms with Gasteiger partial charge in [-0.1, -0.05) is 6.07 Å². The highest BCUT2D eigenvalue weighted by Gasteiger charge is 2.26. The monoisotopic (exact) mass is 368 g/mol. The summed E-state index contributed by atoms with van der Waals surface area (Å²) in [5, 5.41) is 3.25. The Morgan fingerprint density at radius 2 is 2.04 bits per heavy atom. The number of anilines is 2. The molecule has 0 fully saturated rings. The van der Waals surface area contributed by atoms with E-state index in [9.17, 15) is 4.79 Å². The molecule has 0 unspecified atom stereocenters. The zero-order valence-corrected chi connectivity index (χ0v) is 15.9. The molecule has 27 heavy (non-hydrogen) atoms. The van der Waals surface area contributed by atoms with Crippen molar-refractivity contribution in [3.8, 4) is 0 Å². The van der Waals surface area contributed by atoms with Crippen molar-refractivity contribution < 1.29 is 14.3 Å². The lowest BCUT2D eigenvalue weighted by molar-refractivity contribution is 0.0220. The molecule has 1 aromatic carbocycles. The molecule has 7 nitrogen and oxygen atoms in total. The van der Waals surface area contributed by atoms with E-state index >= 15 is 0 Å². The quantitative estimate of drug-likeness (QED) is 0.874. The van der Waals surface area contributed by atoms with Crippen molar-refractivity contribution in [3.63, 3.8) is 0 Å². The van der Waals surface area contributed by atoms with Crippen LogP contribution in [0.2, 0.25) is 0 Å². The standard InChI is InChI=1S/C20H24N4O3/c1-20(2,3)27-19(25)24-7-6-13-9-21-18(23-17(13)10-24)22-16-5-4-14-11-26-12-15(14)8-16/h4-5,8-9H,6-7,10-12H2,1-3H3,(H,21,22,23). The van der Waals surface area contributed by atoms with Crippen molar-refractivity contribution in [2.45, 2.75) is 52.6 Å². The van der Waals surface area contributed by atoms with Gasteiger partial charge >= 0.3 is 6.09 Å². The van der Waals surface area contributed by atoms with Crippen LogP contribution in [0.3, 0.4) is 0 Å². The fourth-order valence-electron chi connectivity index (χ4n) is 3.22. The van der Waals surface area contributed by atoms with Crippen LogP contribution in [0, 0.1) is 0 Å². The lowest BCUT2D eigenvalue weighted by Crippen LogP contribution is -2.40. The number of amides is 1. The van der Waals surface area contributed by atoms with E-state index in [0.29, 0.717) is 32.3 Å². The van der Waals surface area contributed by atoms with E-state index in [1.165, 1.54) is 11.1 Å². The molecule has 0 bridgehead atoms. The average molecular weight is 368 g/mol. The summed E-state index contributed by atoms with van der Waals surface area (Å²) in [5.41, 5.74) is 4.76. The minimum atomic E-state index is -0.507. The number of nitrogens with zero attached hydrogens (tertiary/aromatic N) is 3. The highest BCUT2D eigenvalue weighted by Crippen LogP contribution is 2.25. The number of carbonyl (C=O) groups is 1. The van der Waals surface area contributed by atoms with Crippen LogP contribution in [0.15, 0.2) is 24.4 Å². The van der Waals surface area contributed by atoms with Crippen molar-refractivity contribution in [1.29, 1.82) is 0 Å². The summed E-state index contributed by atoms with van der Waals surface area (Å²) < 4.78 is 10.9. The van der Waals surface area contributed by atoms with Crippen LogP contribution in [0.1, 0.15) is 43.2 Å². The third-order valence-electron chi connectivity index (χ3n) is 4.58. The fourth-order valence-corrected chi connectivity index (χ4v) is 3.22. The number of hydrogen-bond acceptors (Lipinski definition) is 6. The van der Waals surface area contributed by atoms with E-state index < -0.39 is 5.60 Å². The summed E-state index contributed by atoms with van der Waals surface area (Å²) in [4.78, 5) is 23.1. The summed E-state index contributed by atoms with van der Waals surface area (Å²) in [5.74, 6) is 0.527. The van der Waals surface area contributed by atoms with E-state index in [0.717, 1.165) is 23.4 Å². The minimum absolute atomic E-state index is 0.306. The van der Waals surface area contributed by atoms with E-state index in [1.54, 1.807) is 4.90 Å². The Balaban J connectivity index is 1.48. The molecule has 3 heterocycles. The van der Waals surface area contributed by atoms with Crippen molar-refractivity contribution in [3.05, 3.63) is 46.8 Å². The molecular formula is C20H24N4O3. The maximum Gasteiger partial charge on any atom is 0.410 e. The van der Waals surface area contributed by atoms with Gasteiger partial charge in [-0.3, -0.25) is 0 Å². The molecule has 0 spiro atoms. The topological polar surface area (TPSA) is 76.6 Å². The zero-order chi connectivity index (χ0) is 19.0. The predicted octanol–water partition coefficient (Wildman–Crippen LogP) is 3.54. The second-order valence-corrected chi connectivity index (χ2v) is 7.92. The Bertz CT molecular complexity index is 876. The Hall–Kier alpha value is -2.67. The van der Waals surface area contributed by atoms with Crippen LogP contribution >= 0.6 is 0 Å². The molecule has 0 saturated carbocycles. The van der Waals surface area contributed by atoms with Gasteiger partial charge in [-0.25, -0.2) is 14.8 Å². The van der Waals surface area contributed by atoms with E-state index in [-0.39, 0.29) is 6.09 Å². The summed E-state index contributed by atoms with van der Waals surface area (Å²) >= 11 is 0. The molecule has 1 amide bonds. The van der Waals surface area contributed by atoms with Crippen LogP contribution in [-0.2, 0) is 35.7 Å². The van der Waals surface area contributed by atoms with Crippen LogP contribution in [-0.4, -0.2) is 33.1 Å². The lowest BCUT2D eigenvalue weighted by atomic mass is 10.1. The van der Waals surface area contributed by atoms with E-state index in [2.05, 4.69) is 27.4 Å². The van der Waals surface area contributed by atoms with E-state index in [1.807, 2.05) is 33.0 Å². The largest absolute Gasteiger partial charge is 0.444 e. The SMILES string of the molecule is CC(C)(C)OC(=O)N1CCc2cnc(Nc3ccc4c(c3)COC4)nc2C1. The van der Waals surface area contributed by atoms with Gasteiger partial charge in [0.15, 0.2) is 0 Å². The molecule has 0 atom stereocenters. The molecule has 0 aliphatic carbocycles. The Morgan fingerprint density at radius 3 is 2.85 bits per heavy atom. The van der Waals surface area contributed by atoms with Crippen LogP contribution in [0.5, 0.6) is 0 Å². The third kappa shape index (κ3) is 4.03. The molecule has 2 aromatic rings. The van der Waals surface area contributed by atoms with Gasteiger partial charge in [0.1, 0.15) is 5.60 Å². The molecule has 1 N–H and O–H groups in total. The number of carbonyl (C=O) groups excluding carboxylic acids is 1. The molecule has 0 saturated heterocycles. The Kier molecular flexibility index (Phi) is 4.47. The van der Waals surface area contributed by atoms with Crippen LogP contribution in [0.4, 0.5) is 16.4 Å². The Labute approximate surface area is 158 Å². The van der Waals surface area contributed by atoms with Gasteiger partial charge < -0.3 is 19.7 Å². The molecule has 7 heteroatoms. The van der Waals surface area contributed by atoms with E-state index in [4.69, 9.17) is 9.47 Å². The summed E-state index contributed by atoms with van der Waals surface area (Å²) in [7, 11) is 0. The zero-order valence-electron chi connectivity index (χ0n) is 15.9. The van der Waals surface area contributed by atoms with Crippen molar-refractivity contribution in [2.24, 2.45) is 0 Å². The number of fused-ring (bicyclic) bond motifs is 2. The molecule has 4 rings (SSSR count). The van der Waals surface area contributed by atoms with Gasteiger partial charge in [-0.2, -0.15) is 0 Å². The summed E-state index contributed by atoms with van der Waals surface area (Å²) in [6.45, 7) is 7.96. The molecule has 1 aromatic heterocycles. The smallest absolute Gasteiger partial charge is 0.410 e. The Morgan fingerprint density at radius 1 is 1.22 bits per heavy atom. The lowest BCUT2D eigenvalue weighted by Gasteiger charge is -2.30. The number of benzene rings is 1. The third-order valence-corrected chi connectivity index (χ3v) is 4.58. The highest BCUT2D eigenvalue weighted by atomic mass is 16.6. The van der Waals surface area contributed by atoms with Crippen molar-refractivity contribution in [2.75, 3.05) is 11.9 Å². The average Bonchev–Trinajstić information content (AvgIpc) is 3.07. The molecule has 0 radical (unpaired) electrons. The first-order valence-electron chi connectivity index (χ1n) is 9.17. The molecule has 2 aliphatic rings. The number of aromatic nitrogens is 2. The number of nitrogens with one attached hydrogen (secondary N) is 1. The fraction of sp³-hybridized carbons (Fsp3) is 0.450.